The van der Waals surface area contributed by atoms with Crippen molar-refractivity contribution in [3.63, 3.8) is 0 Å². The van der Waals surface area contributed by atoms with E-state index in [1.807, 2.05) is 25.1 Å². The molecule has 38 heavy (non-hydrogen) atoms. The summed E-state index contributed by atoms with van der Waals surface area (Å²) in [4.78, 5) is 55.9. The third-order valence-corrected chi connectivity index (χ3v) is 7.15. The second-order valence-corrected chi connectivity index (χ2v) is 9.38. The molecule has 2 unspecified atom stereocenters. The maximum absolute atomic E-state index is 13.8. The third kappa shape index (κ3) is 3.94. The van der Waals surface area contributed by atoms with Crippen molar-refractivity contribution in [1.29, 1.82) is 0 Å². The van der Waals surface area contributed by atoms with Gasteiger partial charge in [-0.15, -0.1) is 0 Å². The lowest BCUT2D eigenvalue weighted by molar-refractivity contribution is -0.135. The zero-order valence-electron chi connectivity index (χ0n) is 21.5. The van der Waals surface area contributed by atoms with Crippen LogP contribution in [0.4, 0.5) is 5.69 Å². The molecule has 1 fully saturated rings. The van der Waals surface area contributed by atoms with Crippen LogP contribution >= 0.6 is 0 Å². The Hall–Kier alpha value is -4.72. The first kappa shape index (κ1) is 25.0. The molecule has 2 heterocycles. The van der Waals surface area contributed by atoms with Gasteiger partial charge in [-0.1, -0.05) is 60.2 Å². The number of ether oxygens (including phenoxy) is 1. The van der Waals surface area contributed by atoms with Gasteiger partial charge in [0.1, 0.15) is 17.4 Å². The molecule has 0 radical (unpaired) electrons. The first-order chi connectivity index (χ1) is 18.2. The van der Waals surface area contributed by atoms with Gasteiger partial charge in [-0.2, -0.15) is 0 Å². The average Bonchev–Trinajstić information content (AvgIpc) is 3.31. The summed E-state index contributed by atoms with van der Waals surface area (Å²) >= 11 is 0. The summed E-state index contributed by atoms with van der Waals surface area (Å²) in [7, 11) is 3.25. The number of Topliss-reactive ketones (excluding diaryl/α,β-unsaturated/α-hetero) is 2. The van der Waals surface area contributed by atoms with Crippen LogP contribution in [0.25, 0.3) is 5.69 Å². The van der Waals surface area contributed by atoms with Gasteiger partial charge in [0.25, 0.3) is 11.5 Å². The minimum absolute atomic E-state index is 0.0646. The molecule has 0 aliphatic carbocycles. The highest BCUT2D eigenvalue weighted by Crippen LogP contribution is 2.41. The summed E-state index contributed by atoms with van der Waals surface area (Å²) in [6.45, 7) is 3.62. The summed E-state index contributed by atoms with van der Waals surface area (Å²) in [6, 6.07) is 21.7. The van der Waals surface area contributed by atoms with E-state index in [9.17, 15) is 19.2 Å². The lowest BCUT2D eigenvalue weighted by atomic mass is 9.86. The van der Waals surface area contributed by atoms with Gasteiger partial charge < -0.3 is 4.74 Å². The summed E-state index contributed by atoms with van der Waals surface area (Å²) in [5, 5.41) is 0. The Morgan fingerprint density at radius 3 is 2.08 bits per heavy atom. The molecular weight excluding hydrogens is 482 g/mol. The standard InChI is InChI=1S/C30H27N3O5/c1-18-10-12-21(13-11-18)27(34)24-26(20-14-16-23(38-4)17-15-20)32(30(37)28(24)35)25-19(2)31(3)33(29(25)36)22-8-6-5-7-9-22/h5-17,24,26H,1-4H3. The molecule has 8 heteroatoms. The van der Waals surface area contributed by atoms with E-state index in [2.05, 4.69) is 0 Å². The van der Waals surface area contributed by atoms with Crippen LogP contribution in [0.3, 0.4) is 0 Å². The van der Waals surface area contributed by atoms with Crippen LogP contribution < -0.4 is 15.2 Å². The van der Waals surface area contributed by atoms with Crippen LogP contribution in [0.5, 0.6) is 5.75 Å². The van der Waals surface area contributed by atoms with Gasteiger partial charge in [0, 0.05) is 12.6 Å². The molecule has 1 aromatic heterocycles. The van der Waals surface area contributed by atoms with Crippen molar-refractivity contribution in [3.05, 3.63) is 112 Å². The molecule has 3 aromatic carbocycles. The number of para-hydroxylation sites is 1. The molecule has 192 valence electrons. The molecule has 2 atom stereocenters. The number of amides is 1. The molecule has 1 aliphatic heterocycles. The number of hydrogen-bond donors (Lipinski definition) is 0. The van der Waals surface area contributed by atoms with E-state index in [4.69, 9.17) is 4.74 Å². The number of nitrogens with zero attached hydrogens (tertiary/aromatic N) is 3. The predicted molar refractivity (Wildman–Crippen MR) is 143 cm³/mol. The van der Waals surface area contributed by atoms with E-state index < -0.39 is 35.0 Å². The number of aromatic nitrogens is 2. The monoisotopic (exact) mass is 509 g/mol. The molecule has 1 aliphatic rings. The fourth-order valence-corrected chi connectivity index (χ4v) is 5.05. The van der Waals surface area contributed by atoms with E-state index >= 15 is 0 Å². The Morgan fingerprint density at radius 2 is 1.47 bits per heavy atom. The molecule has 1 amide bonds. The zero-order chi connectivity index (χ0) is 27.1. The largest absolute Gasteiger partial charge is 0.497 e. The summed E-state index contributed by atoms with van der Waals surface area (Å²) in [5.41, 5.74) is 2.54. The van der Waals surface area contributed by atoms with E-state index in [1.165, 1.54) is 16.7 Å². The fraction of sp³-hybridized carbons (Fsp3) is 0.200. The molecule has 0 saturated carbocycles. The van der Waals surface area contributed by atoms with Gasteiger partial charge >= 0.3 is 0 Å². The number of anilines is 1. The zero-order valence-corrected chi connectivity index (χ0v) is 21.5. The normalized spacial score (nSPS) is 17.2. The molecule has 4 aromatic rings. The minimum atomic E-state index is -1.32. The molecule has 5 rings (SSSR count). The van der Waals surface area contributed by atoms with Crippen LogP contribution in [-0.4, -0.2) is 33.9 Å². The Morgan fingerprint density at radius 1 is 0.842 bits per heavy atom. The van der Waals surface area contributed by atoms with Gasteiger partial charge in [-0.25, -0.2) is 4.68 Å². The maximum Gasteiger partial charge on any atom is 0.296 e. The predicted octanol–water partition coefficient (Wildman–Crippen LogP) is 3.96. The summed E-state index contributed by atoms with van der Waals surface area (Å²) in [6.07, 6.45) is 0. The number of aryl methyl sites for hydroxylation is 1. The number of rotatable bonds is 6. The van der Waals surface area contributed by atoms with E-state index in [0.717, 1.165) is 5.56 Å². The lowest BCUT2D eigenvalue weighted by Gasteiger charge is -2.26. The fourth-order valence-electron chi connectivity index (χ4n) is 5.05. The Kier molecular flexibility index (Phi) is 6.32. The average molecular weight is 510 g/mol. The number of ketones is 2. The summed E-state index contributed by atoms with van der Waals surface area (Å²) < 4.78 is 8.37. The quantitative estimate of drug-likeness (QED) is 0.223. The molecule has 0 spiro atoms. The van der Waals surface area contributed by atoms with Gasteiger partial charge in [-0.05, 0) is 43.7 Å². The van der Waals surface area contributed by atoms with Gasteiger partial charge in [0.05, 0.1) is 24.5 Å². The molecule has 1 saturated heterocycles. The SMILES string of the molecule is COc1ccc(C2C(C(=O)c3ccc(C)cc3)C(=O)C(=O)N2c2c(C)n(C)n(-c3ccccc3)c2=O)cc1. The first-order valence-corrected chi connectivity index (χ1v) is 12.2. The van der Waals surface area contributed by atoms with Gasteiger partial charge in [-0.3, -0.25) is 28.8 Å². The lowest BCUT2D eigenvalue weighted by Crippen LogP contribution is -2.35. The summed E-state index contributed by atoms with van der Waals surface area (Å²) in [5.74, 6) is -2.93. The topological polar surface area (TPSA) is 90.6 Å². The smallest absolute Gasteiger partial charge is 0.296 e. The number of carbonyl (C=O) groups is 3. The molecule has 0 N–H and O–H groups in total. The van der Waals surface area contributed by atoms with E-state index in [1.54, 1.807) is 79.3 Å². The molecular formula is C30H27N3O5. The maximum atomic E-state index is 13.8. The number of methoxy groups -OCH3 is 1. The molecule has 8 nitrogen and oxygen atoms in total. The third-order valence-electron chi connectivity index (χ3n) is 7.15. The van der Waals surface area contributed by atoms with Crippen LogP contribution in [0.15, 0.2) is 83.7 Å². The highest BCUT2D eigenvalue weighted by Gasteiger charge is 2.53. The number of carbonyl (C=O) groups excluding carboxylic acids is 3. The van der Waals surface area contributed by atoms with Crippen LogP contribution in [-0.2, 0) is 16.6 Å². The molecule has 0 bridgehead atoms. The first-order valence-electron chi connectivity index (χ1n) is 12.2. The van der Waals surface area contributed by atoms with Crippen molar-refractivity contribution in [2.75, 3.05) is 12.0 Å². The number of benzene rings is 3. The van der Waals surface area contributed by atoms with Crippen LogP contribution in [0.1, 0.15) is 33.2 Å². The van der Waals surface area contributed by atoms with Gasteiger partial charge in [0.2, 0.25) is 5.78 Å². The Labute approximate surface area is 219 Å². The second kappa shape index (κ2) is 9.63. The second-order valence-electron chi connectivity index (χ2n) is 9.38. The van der Waals surface area contributed by atoms with E-state index in [0.29, 0.717) is 28.3 Å². The van der Waals surface area contributed by atoms with Crippen LogP contribution in [0, 0.1) is 19.8 Å². The Balaban J connectivity index is 1.71. The minimum Gasteiger partial charge on any atom is -0.497 e. The van der Waals surface area contributed by atoms with Crippen molar-refractivity contribution in [3.8, 4) is 11.4 Å². The van der Waals surface area contributed by atoms with Crippen molar-refractivity contribution in [2.24, 2.45) is 13.0 Å². The van der Waals surface area contributed by atoms with Crippen molar-refractivity contribution < 1.29 is 19.1 Å². The van der Waals surface area contributed by atoms with Crippen molar-refractivity contribution in [1.82, 2.24) is 9.36 Å². The van der Waals surface area contributed by atoms with Crippen molar-refractivity contribution >= 4 is 23.2 Å². The highest BCUT2D eigenvalue weighted by atomic mass is 16.5. The highest BCUT2D eigenvalue weighted by molar-refractivity contribution is 6.49. The van der Waals surface area contributed by atoms with Gasteiger partial charge in [0.15, 0.2) is 5.78 Å². The number of hydrogen-bond acceptors (Lipinski definition) is 5. The Bertz CT molecular complexity index is 1600. The van der Waals surface area contributed by atoms with Crippen molar-refractivity contribution in [2.45, 2.75) is 19.9 Å². The van der Waals surface area contributed by atoms with E-state index in [-0.39, 0.29) is 5.69 Å². The van der Waals surface area contributed by atoms with Crippen LogP contribution in [0.2, 0.25) is 0 Å².